The van der Waals surface area contributed by atoms with Crippen molar-refractivity contribution in [1.29, 1.82) is 0 Å². The molecule has 1 aromatic carbocycles. The summed E-state index contributed by atoms with van der Waals surface area (Å²) < 4.78 is 16.5. The van der Waals surface area contributed by atoms with Gasteiger partial charge in [0.2, 0.25) is 0 Å². The Morgan fingerprint density at radius 1 is 1.06 bits per heavy atom. The van der Waals surface area contributed by atoms with Gasteiger partial charge >= 0.3 is 0 Å². The van der Waals surface area contributed by atoms with Crippen LogP contribution in [0.25, 0.3) is 5.76 Å². The Morgan fingerprint density at radius 2 is 1.77 bits per heavy atom. The first-order valence-corrected chi connectivity index (χ1v) is 10.0. The molecule has 2 aromatic heterocycles. The van der Waals surface area contributed by atoms with Gasteiger partial charge in [0.05, 0.1) is 31.3 Å². The highest BCUT2D eigenvalue weighted by Gasteiger charge is 2.47. The summed E-state index contributed by atoms with van der Waals surface area (Å²) in [7, 11) is 0. The van der Waals surface area contributed by atoms with E-state index in [4.69, 9.17) is 13.6 Å². The molecule has 1 aliphatic heterocycles. The van der Waals surface area contributed by atoms with Crippen molar-refractivity contribution in [1.82, 2.24) is 4.90 Å². The fourth-order valence-corrected chi connectivity index (χ4v) is 3.48. The molecule has 0 radical (unpaired) electrons. The molecule has 0 saturated carbocycles. The number of hydrogen-bond acceptors (Lipinski definition) is 6. The normalized spacial score (nSPS) is 18.2. The zero-order valence-electron chi connectivity index (χ0n) is 17.3. The van der Waals surface area contributed by atoms with E-state index in [9.17, 15) is 14.7 Å². The van der Waals surface area contributed by atoms with Crippen LogP contribution in [0.5, 0.6) is 5.75 Å². The largest absolute Gasteiger partial charge is 0.507 e. The van der Waals surface area contributed by atoms with Gasteiger partial charge in [0.25, 0.3) is 11.7 Å². The summed E-state index contributed by atoms with van der Waals surface area (Å²) in [4.78, 5) is 27.1. The highest BCUT2D eigenvalue weighted by Crippen LogP contribution is 2.40. The van der Waals surface area contributed by atoms with Gasteiger partial charge in [-0.25, -0.2) is 0 Å². The maximum absolute atomic E-state index is 12.9. The molecule has 1 saturated heterocycles. The van der Waals surface area contributed by atoms with Crippen molar-refractivity contribution in [2.75, 3.05) is 6.61 Å². The predicted octanol–water partition coefficient (Wildman–Crippen LogP) is 4.53. The lowest BCUT2D eigenvalue weighted by molar-refractivity contribution is -0.140. The van der Waals surface area contributed by atoms with E-state index in [-0.39, 0.29) is 17.9 Å². The standard InChI is InChI=1S/C24H23NO6/c1-15(2)14-31-17-9-7-16(8-10-17)22(26)20-21(19-6-4-12-30-19)25(24(28)23(20)27)13-18-5-3-11-29-18/h3-12,15,21,26H,13-14H2,1-2H3/b22-20-. The van der Waals surface area contributed by atoms with Crippen LogP contribution in [0.2, 0.25) is 0 Å². The molecular formula is C24H23NO6. The van der Waals surface area contributed by atoms with Crippen LogP contribution in [-0.4, -0.2) is 28.3 Å². The van der Waals surface area contributed by atoms with Gasteiger partial charge in [-0.2, -0.15) is 0 Å². The van der Waals surface area contributed by atoms with E-state index in [1.165, 1.54) is 17.4 Å². The first kappa shape index (κ1) is 20.5. The number of ketones is 1. The van der Waals surface area contributed by atoms with Crippen LogP contribution < -0.4 is 4.74 Å². The smallest absolute Gasteiger partial charge is 0.296 e. The van der Waals surface area contributed by atoms with Gasteiger partial charge in [0.1, 0.15) is 29.1 Å². The number of amides is 1. The van der Waals surface area contributed by atoms with Crippen molar-refractivity contribution in [3.05, 3.63) is 83.7 Å². The average molecular weight is 421 g/mol. The van der Waals surface area contributed by atoms with Gasteiger partial charge in [0, 0.05) is 5.56 Å². The van der Waals surface area contributed by atoms with Crippen molar-refractivity contribution < 1.29 is 28.3 Å². The molecule has 3 heterocycles. The Labute approximate surface area is 179 Å². The van der Waals surface area contributed by atoms with Crippen LogP contribution >= 0.6 is 0 Å². The average Bonchev–Trinajstić information content (AvgIpc) is 3.51. The van der Waals surface area contributed by atoms with E-state index in [1.807, 2.05) is 0 Å². The minimum absolute atomic E-state index is 0.0256. The van der Waals surface area contributed by atoms with Crippen LogP contribution in [0, 0.1) is 5.92 Å². The third kappa shape index (κ3) is 4.12. The Hall–Kier alpha value is -3.74. The number of hydrogen-bond donors (Lipinski definition) is 1. The third-order valence-corrected chi connectivity index (χ3v) is 4.97. The monoisotopic (exact) mass is 421 g/mol. The second-order valence-corrected chi connectivity index (χ2v) is 7.75. The summed E-state index contributed by atoms with van der Waals surface area (Å²) in [6.45, 7) is 4.75. The quantitative estimate of drug-likeness (QED) is 0.342. The number of carbonyl (C=O) groups excluding carboxylic acids is 2. The van der Waals surface area contributed by atoms with Crippen LogP contribution in [-0.2, 0) is 16.1 Å². The lowest BCUT2D eigenvalue weighted by Crippen LogP contribution is -2.28. The summed E-state index contributed by atoms with van der Waals surface area (Å²) in [5.74, 6) is 0.172. The lowest BCUT2D eigenvalue weighted by atomic mass is 9.99. The molecule has 0 bridgehead atoms. The van der Waals surface area contributed by atoms with Crippen LogP contribution in [0.3, 0.4) is 0 Å². The number of carbonyl (C=O) groups is 2. The second-order valence-electron chi connectivity index (χ2n) is 7.75. The highest BCUT2D eigenvalue weighted by molar-refractivity contribution is 6.46. The van der Waals surface area contributed by atoms with E-state index in [2.05, 4.69) is 13.8 Å². The van der Waals surface area contributed by atoms with Crippen molar-refractivity contribution in [3.63, 3.8) is 0 Å². The summed E-state index contributed by atoms with van der Waals surface area (Å²) in [5.41, 5.74) is 0.381. The van der Waals surface area contributed by atoms with Gasteiger partial charge in [0.15, 0.2) is 0 Å². The molecule has 4 rings (SSSR count). The van der Waals surface area contributed by atoms with E-state index in [1.54, 1.807) is 48.5 Å². The molecule has 3 aromatic rings. The van der Waals surface area contributed by atoms with E-state index >= 15 is 0 Å². The Balaban J connectivity index is 1.71. The summed E-state index contributed by atoms with van der Waals surface area (Å²) >= 11 is 0. The van der Waals surface area contributed by atoms with Gasteiger partial charge in [-0.15, -0.1) is 0 Å². The zero-order valence-corrected chi connectivity index (χ0v) is 17.3. The molecule has 0 aliphatic carbocycles. The van der Waals surface area contributed by atoms with Crippen LogP contribution in [0.4, 0.5) is 0 Å². The minimum Gasteiger partial charge on any atom is -0.507 e. The molecule has 1 amide bonds. The van der Waals surface area contributed by atoms with Gasteiger partial charge in [-0.3, -0.25) is 9.59 Å². The number of furan rings is 2. The summed E-state index contributed by atoms with van der Waals surface area (Å²) in [5, 5.41) is 11.0. The van der Waals surface area contributed by atoms with Gasteiger partial charge < -0.3 is 23.6 Å². The molecule has 1 aliphatic rings. The fraction of sp³-hybridized carbons (Fsp3) is 0.250. The Kier molecular flexibility index (Phi) is 5.66. The summed E-state index contributed by atoms with van der Waals surface area (Å²) in [6.07, 6.45) is 2.96. The number of likely N-dealkylation sites (tertiary alicyclic amines) is 1. The fourth-order valence-electron chi connectivity index (χ4n) is 3.48. The van der Waals surface area contributed by atoms with Crippen molar-refractivity contribution in [3.8, 4) is 5.75 Å². The number of ether oxygens (including phenoxy) is 1. The number of aliphatic hydroxyl groups excluding tert-OH is 1. The molecule has 31 heavy (non-hydrogen) atoms. The lowest BCUT2D eigenvalue weighted by Gasteiger charge is -2.22. The number of benzene rings is 1. The van der Waals surface area contributed by atoms with Crippen molar-refractivity contribution in [2.45, 2.75) is 26.4 Å². The van der Waals surface area contributed by atoms with Crippen LogP contribution in [0.1, 0.15) is 37.0 Å². The molecule has 7 nitrogen and oxygen atoms in total. The van der Waals surface area contributed by atoms with E-state index < -0.39 is 17.7 Å². The molecule has 1 atom stereocenters. The van der Waals surface area contributed by atoms with Gasteiger partial charge in [-0.05, 0) is 54.4 Å². The minimum atomic E-state index is -0.864. The predicted molar refractivity (Wildman–Crippen MR) is 112 cm³/mol. The topological polar surface area (TPSA) is 93.1 Å². The van der Waals surface area contributed by atoms with Crippen LogP contribution in [0.15, 0.2) is 75.5 Å². The zero-order chi connectivity index (χ0) is 22.0. The molecule has 1 N–H and O–H groups in total. The molecule has 0 spiro atoms. The molecule has 1 unspecified atom stereocenters. The molecule has 7 heteroatoms. The first-order valence-electron chi connectivity index (χ1n) is 10.0. The maximum atomic E-state index is 12.9. The third-order valence-electron chi connectivity index (χ3n) is 4.97. The SMILES string of the molecule is CC(C)COc1ccc(/C(O)=C2/C(=O)C(=O)N(Cc3ccco3)C2c2ccco2)cc1. The number of rotatable bonds is 7. The number of Topliss-reactive ketones (excluding diaryl/α,β-unsaturated/α-hetero) is 1. The number of nitrogens with zero attached hydrogens (tertiary/aromatic N) is 1. The van der Waals surface area contributed by atoms with E-state index in [0.29, 0.717) is 35.4 Å². The van der Waals surface area contributed by atoms with Crippen molar-refractivity contribution in [2.24, 2.45) is 5.92 Å². The molecule has 160 valence electrons. The number of aliphatic hydroxyl groups is 1. The molecule has 1 fully saturated rings. The Morgan fingerprint density at radius 3 is 2.39 bits per heavy atom. The second kappa shape index (κ2) is 8.55. The maximum Gasteiger partial charge on any atom is 0.296 e. The molecular weight excluding hydrogens is 398 g/mol. The highest BCUT2D eigenvalue weighted by atomic mass is 16.5. The summed E-state index contributed by atoms with van der Waals surface area (Å²) in [6, 6.07) is 12.7. The Bertz CT molecular complexity index is 1080. The van der Waals surface area contributed by atoms with Crippen molar-refractivity contribution >= 4 is 17.4 Å². The first-order chi connectivity index (χ1) is 15.0. The van der Waals surface area contributed by atoms with E-state index in [0.717, 1.165) is 0 Å². The van der Waals surface area contributed by atoms with Gasteiger partial charge in [-0.1, -0.05) is 13.8 Å².